The van der Waals surface area contributed by atoms with Gasteiger partial charge < -0.3 is 10.2 Å². The summed E-state index contributed by atoms with van der Waals surface area (Å²) < 4.78 is 2.26. The molecule has 1 aliphatic heterocycles. The minimum Gasteiger partial charge on any atom is -0.352 e. The van der Waals surface area contributed by atoms with Crippen LogP contribution < -0.4 is 10.2 Å². The molecule has 1 aliphatic rings. The zero-order valence-corrected chi connectivity index (χ0v) is 14.0. The molecule has 0 aliphatic carbocycles. The predicted molar refractivity (Wildman–Crippen MR) is 90.3 cm³/mol. The van der Waals surface area contributed by atoms with Crippen molar-refractivity contribution in [3.63, 3.8) is 0 Å². The summed E-state index contributed by atoms with van der Waals surface area (Å²) in [5.41, 5.74) is 1.33. The van der Waals surface area contributed by atoms with Crippen LogP contribution in [0.3, 0.4) is 0 Å². The molecular weight excluding hydrogens is 280 g/mol. The monoisotopic (exact) mass is 306 g/mol. The number of thiazole rings is 1. The predicted octanol–water partition coefficient (Wildman–Crippen LogP) is 3.66. The third kappa shape index (κ3) is 2.94. The Morgan fingerprint density at radius 2 is 2.24 bits per heavy atom. The van der Waals surface area contributed by atoms with Gasteiger partial charge in [-0.3, -0.25) is 4.40 Å². The van der Waals surface area contributed by atoms with E-state index in [4.69, 9.17) is 4.98 Å². The van der Waals surface area contributed by atoms with E-state index < -0.39 is 0 Å². The summed E-state index contributed by atoms with van der Waals surface area (Å²) in [7, 11) is 0. The van der Waals surface area contributed by atoms with Crippen molar-refractivity contribution >= 4 is 22.1 Å². The Morgan fingerprint density at radius 1 is 1.33 bits per heavy atom. The van der Waals surface area contributed by atoms with Crippen LogP contribution in [0.15, 0.2) is 11.6 Å². The third-order valence-electron chi connectivity index (χ3n) is 4.50. The number of anilines is 1. The summed E-state index contributed by atoms with van der Waals surface area (Å²) in [6.07, 6.45) is 8.69. The van der Waals surface area contributed by atoms with E-state index in [0.717, 1.165) is 24.6 Å². The molecule has 0 amide bonds. The van der Waals surface area contributed by atoms with Crippen LogP contribution in [-0.2, 0) is 6.54 Å². The Labute approximate surface area is 131 Å². The highest BCUT2D eigenvalue weighted by atomic mass is 32.1. The van der Waals surface area contributed by atoms with Gasteiger partial charge >= 0.3 is 0 Å². The van der Waals surface area contributed by atoms with E-state index in [1.807, 2.05) is 0 Å². The highest BCUT2D eigenvalue weighted by molar-refractivity contribution is 7.15. The number of aromatic nitrogens is 2. The van der Waals surface area contributed by atoms with Crippen LogP contribution in [0.2, 0.25) is 0 Å². The molecule has 0 saturated carbocycles. The van der Waals surface area contributed by atoms with Gasteiger partial charge in [-0.15, -0.1) is 11.3 Å². The number of hydrogen-bond donors (Lipinski definition) is 1. The fraction of sp³-hybridized carbons (Fsp3) is 0.688. The van der Waals surface area contributed by atoms with Crippen molar-refractivity contribution in [1.82, 2.24) is 14.7 Å². The quantitative estimate of drug-likeness (QED) is 0.915. The summed E-state index contributed by atoms with van der Waals surface area (Å²) in [6, 6.07) is 0.650. The van der Waals surface area contributed by atoms with Gasteiger partial charge in [-0.2, -0.15) is 0 Å². The second-order valence-corrected chi connectivity index (χ2v) is 6.70. The maximum Gasteiger partial charge on any atom is 0.195 e. The lowest BCUT2D eigenvalue weighted by atomic mass is 10.1. The largest absolute Gasteiger partial charge is 0.352 e. The second-order valence-electron chi connectivity index (χ2n) is 5.82. The fourth-order valence-corrected chi connectivity index (χ4v) is 4.07. The lowest BCUT2D eigenvalue weighted by Gasteiger charge is -2.30. The van der Waals surface area contributed by atoms with Crippen LogP contribution in [0.5, 0.6) is 0 Å². The van der Waals surface area contributed by atoms with Crippen LogP contribution in [0.25, 0.3) is 4.96 Å². The van der Waals surface area contributed by atoms with Crippen molar-refractivity contribution in [3.05, 3.63) is 17.3 Å². The van der Waals surface area contributed by atoms with Gasteiger partial charge in [0.25, 0.3) is 0 Å². The zero-order valence-electron chi connectivity index (χ0n) is 13.1. The molecule has 0 radical (unpaired) electrons. The lowest BCUT2D eigenvalue weighted by Crippen LogP contribution is -2.35. The number of imidazole rings is 1. The molecule has 2 aromatic heterocycles. The lowest BCUT2D eigenvalue weighted by molar-refractivity contribution is 0.550. The normalized spacial score (nSPS) is 20.1. The highest BCUT2D eigenvalue weighted by Crippen LogP contribution is 2.30. The van der Waals surface area contributed by atoms with Crippen LogP contribution in [0, 0.1) is 0 Å². The highest BCUT2D eigenvalue weighted by Gasteiger charge is 2.25. The molecule has 4 nitrogen and oxygen atoms in total. The van der Waals surface area contributed by atoms with Gasteiger partial charge in [-0.05, 0) is 25.8 Å². The molecule has 1 unspecified atom stereocenters. The van der Waals surface area contributed by atoms with E-state index >= 15 is 0 Å². The molecule has 116 valence electrons. The van der Waals surface area contributed by atoms with E-state index in [1.54, 1.807) is 11.3 Å². The standard InChI is InChI=1S/C16H26N4S/c1-3-13-8-6-5-7-9-19(13)15-14(12-17-4-2)20-10-11-21-16(20)18-15/h10-11,13,17H,3-9,12H2,1-2H3. The van der Waals surface area contributed by atoms with E-state index in [1.165, 1.54) is 43.6 Å². The Kier molecular flexibility index (Phi) is 4.80. The molecule has 1 fully saturated rings. The molecule has 3 heterocycles. The summed E-state index contributed by atoms with van der Waals surface area (Å²) in [6.45, 7) is 7.52. The Balaban J connectivity index is 1.98. The molecule has 1 atom stereocenters. The number of hydrogen-bond acceptors (Lipinski definition) is 4. The molecule has 0 aromatic carbocycles. The first-order chi connectivity index (χ1) is 10.3. The second kappa shape index (κ2) is 6.79. The molecule has 0 bridgehead atoms. The van der Waals surface area contributed by atoms with Crippen molar-refractivity contribution in [3.8, 4) is 0 Å². The van der Waals surface area contributed by atoms with Gasteiger partial charge in [0.15, 0.2) is 10.8 Å². The third-order valence-corrected chi connectivity index (χ3v) is 5.26. The molecule has 21 heavy (non-hydrogen) atoms. The summed E-state index contributed by atoms with van der Waals surface area (Å²) in [5, 5.41) is 5.60. The maximum atomic E-state index is 4.96. The molecule has 1 N–H and O–H groups in total. The SMILES string of the molecule is CCNCc1c(N2CCCCCC2CC)nc2sccn12. The minimum atomic E-state index is 0.650. The first-order valence-electron chi connectivity index (χ1n) is 8.27. The number of nitrogens with zero attached hydrogens (tertiary/aromatic N) is 3. The molecule has 1 saturated heterocycles. The number of rotatable bonds is 5. The van der Waals surface area contributed by atoms with Gasteiger partial charge in [0.2, 0.25) is 0 Å². The van der Waals surface area contributed by atoms with Crippen LogP contribution in [0.1, 0.15) is 51.6 Å². The Morgan fingerprint density at radius 3 is 3.05 bits per heavy atom. The molecular formula is C16H26N4S. The zero-order chi connectivity index (χ0) is 14.7. The minimum absolute atomic E-state index is 0.650. The first-order valence-corrected chi connectivity index (χ1v) is 9.14. The van der Waals surface area contributed by atoms with E-state index in [-0.39, 0.29) is 0 Å². The summed E-state index contributed by atoms with van der Waals surface area (Å²) >= 11 is 1.73. The molecule has 5 heteroatoms. The maximum absolute atomic E-state index is 4.96. The first kappa shape index (κ1) is 14.9. The van der Waals surface area contributed by atoms with Crippen molar-refractivity contribution in [2.24, 2.45) is 0 Å². The van der Waals surface area contributed by atoms with Crippen LogP contribution in [0.4, 0.5) is 5.82 Å². The van der Waals surface area contributed by atoms with Gasteiger partial charge in [0, 0.05) is 30.7 Å². The van der Waals surface area contributed by atoms with Crippen molar-refractivity contribution in [1.29, 1.82) is 0 Å². The van der Waals surface area contributed by atoms with Gasteiger partial charge in [-0.25, -0.2) is 4.98 Å². The van der Waals surface area contributed by atoms with Crippen LogP contribution >= 0.6 is 11.3 Å². The molecule has 3 rings (SSSR count). The Hall–Kier alpha value is -1.07. The van der Waals surface area contributed by atoms with Gasteiger partial charge in [0.1, 0.15) is 0 Å². The molecule has 0 spiro atoms. The average Bonchev–Trinajstić information content (AvgIpc) is 2.99. The smallest absolute Gasteiger partial charge is 0.195 e. The molecule has 2 aromatic rings. The van der Waals surface area contributed by atoms with Crippen molar-refractivity contribution in [2.75, 3.05) is 18.0 Å². The van der Waals surface area contributed by atoms with E-state index in [0.29, 0.717) is 6.04 Å². The van der Waals surface area contributed by atoms with Crippen molar-refractivity contribution in [2.45, 2.75) is 58.5 Å². The number of nitrogens with one attached hydrogen (secondary N) is 1. The van der Waals surface area contributed by atoms with E-state index in [9.17, 15) is 0 Å². The van der Waals surface area contributed by atoms with Gasteiger partial charge in [0.05, 0.1) is 5.69 Å². The topological polar surface area (TPSA) is 32.6 Å². The average molecular weight is 306 g/mol. The summed E-state index contributed by atoms with van der Waals surface area (Å²) in [4.78, 5) is 8.66. The Bertz CT molecular complexity index is 574. The summed E-state index contributed by atoms with van der Waals surface area (Å²) in [5.74, 6) is 1.22. The van der Waals surface area contributed by atoms with Crippen LogP contribution in [-0.4, -0.2) is 28.5 Å². The fourth-order valence-electron chi connectivity index (χ4n) is 3.34. The van der Waals surface area contributed by atoms with Crippen molar-refractivity contribution < 1.29 is 0 Å². The number of fused-ring (bicyclic) bond motifs is 1. The van der Waals surface area contributed by atoms with E-state index in [2.05, 4.69) is 40.0 Å². The van der Waals surface area contributed by atoms with Gasteiger partial charge in [-0.1, -0.05) is 26.7 Å².